The molecule has 1 saturated heterocycles. The number of fused-ring (bicyclic) bond motifs is 1. The van der Waals surface area contributed by atoms with Crippen LogP contribution in [-0.2, 0) is 13.1 Å². The summed E-state index contributed by atoms with van der Waals surface area (Å²) in [4.78, 5) is 6.96. The van der Waals surface area contributed by atoms with Crippen LogP contribution >= 0.6 is 0 Å². The van der Waals surface area contributed by atoms with Crippen LogP contribution in [0.2, 0.25) is 0 Å². The zero-order valence-electron chi connectivity index (χ0n) is 14.4. The highest BCUT2D eigenvalue weighted by Crippen LogP contribution is 2.32. The molecular formula is C18H24N4O2. The topological polar surface area (TPSA) is 52.4 Å². The summed E-state index contributed by atoms with van der Waals surface area (Å²) in [5.74, 6) is 3.58. The van der Waals surface area contributed by atoms with Gasteiger partial charge in [-0.05, 0) is 50.9 Å². The molecule has 0 aliphatic carbocycles. The van der Waals surface area contributed by atoms with Crippen LogP contribution in [0.5, 0.6) is 11.5 Å². The molecule has 6 heteroatoms. The fourth-order valence-corrected chi connectivity index (χ4v) is 3.66. The van der Waals surface area contributed by atoms with Gasteiger partial charge in [0.2, 0.25) is 0 Å². The highest BCUT2D eigenvalue weighted by Gasteiger charge is 2.26. The maximum Gasteiger partial charge on any atom is 0.161 e. The van der Waals surface area contributed by atoms with Crippen molar-refractivity contribution in [2.24, 2.45) is 0 Å². The maximum atomic E-state index is 5.70. The Balaban J connectivity index is 1.46. The molecule has 0 radical (unpaired) electrons. The van der Waals surface area contributed by atoms with Crippen LogP contribution in [-0.4, -0.2) is 45.5 Å². The van der Waals surface area contributed by atoms with E-state index in [1.165, 1.54) is 18.4 Å². The van der Waals surface area contributed by atoms with Crippen LogP contribution in [0.15, 0.2) is 18.2 Å². The summed E-state index contributed by atoms with van der Waals surface area (Å²) in [5.41, 5.74) is 1.28. The summed E-state index contributed by atoms with van der Waals surface area (Å²) in [7, 11) is 0. The van der Waals surface area contributed by atoms with E-state index in [-0.39, 0.29) is 0 Å². The Morgan fingerprint density at radius 1 is 1.17 bits per heavy atom. The highest BCUT2D eigenvalue weighted by atomic mass is 16.6. The van der Waals surface area contributed by atoms with E-state index in [2.05, 4.69) is 27.1 Å². The monoisotopic (exact) mass is 328 g/mol. The van der Waals surface area contributed by atoms with Gasteiger partial charge in [0.1, 0.15) is 24.9 Å². The van der Waals surface area contributed by atoms with E-state index in [0.29, 0.717) is 19.3 Å². The molecule has 2 aliphatic heterocycles. The van der Waals surface area contributed by atoms with E-state index in [4.69, 9.17) is 9.47 Å². The van der Waals surface area contributed by atoms with Crippen LogP contribution in [0.1, 0.15) is 30.1 Å². The summed E-state index contributed by atoms with van der Waals surface area (Å²) < 4.78 is 13.4. The first-order valence-electron chi connectivity index (χ1n) is 8.69. The zero-order valence-corrected chi connectivity index (χ0v) is 14.4. The molecule has 0 spiro atoms. The maximum absolute atomic E-state index is 5.70. The van der Waals surface area contributed by atoms with Gasteiger partial charge in [0.15, 0.2) is 11.5 Å². The lowest BCUT2D eigenvalue weighted by Crippen LogP contribution is -2.33. The van der Waals surface area contributed by atoms with Crippen LogP contribution < -0.4 is 9.47 Å². The van der Waals surface area contributed by atoms with Crippen molar-refractivity contribution < 1.29 is 9.47 Å². The first-order valence-corrected chi connectivity index (χ1v) is 8.69. The molecule has 0 amide bonds. The van der Waals surface area contributed by atoms with E-state index >= 15 is 0 Å². The van der Waals surface area contributed by atoms with Crippen molar-refractivity contribution in [1.29, 1.82) is 0 Å². The van der Waals surface area contributed by atoms with Crippen molar-refractivity contribution in [3.8, 4) is 11.5 Å². The molecule has 1 fully saturated rings. The molecule has 0 saturated carbocycles. The molecule has 24 heavy (non-hydrogen) atoms. The van der Waals surface area contributed by atoms with Crippen LogP contribution in [0.3, 0.4) is 0 Å². The molecular weight excluding hydrogens is 304 g/mol. The molecule has 6 nitrogen and oxygen atoms in total. The molecule has 0 bridgehead atoms. The van der Waals surface area contributed by atoms with Gasteiger partial charge in [0, 0.05) is 12.6 Å². The minimum absolute atomic E-state index is 0.512. The quantitative estimate of drug-likeness (QED) is 0.862. The second kappa shape index (κ2) is 6.43. The molecule has 1 aromatic carbocycles. The summed E-state index contributed by atoms with van der Waals surface area (Å²) in [5, 5.41) is 4.52. The van der Waals surface area contributed by atoms with Crippen molar-refractivity contribution in [3.05, 3.63) is 35.4 Å². The molecule has 4 rings (SSSR count). The number of rotatable bonds is 4. The molecule has 2 aliphatic rings. The summed E-state index contributed by atoms with van der Waals surface area (Å²) in [6, 6.07) is 6.81. The Morgan fingerprint density at radius 3 is 2.79 bits per heavy atom. The van der Waals surface area contributed by atoms with Gasteiger partial charge in [-0.1, -0.05) is 6.07 Å². The van der Waals surface area contributed by atoms with E-state index in [9.17, 15) is 0 Å². The van der Waals surface area contributed by atoms with Gasteiger partial charge in [0.25, 0.3) is 0 Å². The highest BCUT2D eigenvalue weighted by molar-refractivity contribution is 5.43. The molecule has 128 valence electrons. The first-order chi connectivity index (χ1) is 11.7. The molecule has 3 heterocycles. The Bertz CT molecular complexity index is 728. The minimum atomic E-state index is 0.512. The predicted octanol–water partition coefficient (Wildman–Crippen LogP) is 2.33. The van der Waals surface area contributed by atoms with E-state index < -0.39 is 0 Å². The SMILES string of the molecule is Cc1nc(C)n(C[C@@H]2CCCN2Cc2ccc3c(c2)OCCO3)n1. The minimum Gasteiger partial charge on any atom is -0.486 e. The number of likely N-dealkylation sites (tertiary alicyclic amines) is 1. The second-order valence-corrected chi connectivity index (χ2v) is 6.63. The van der Waals surface area contributed by atoms with Gasteiger partial charge in [-0.2, -0.15) is 5.10 Å². The average molecular weight is 328 g/mol. The third-order valence-corrected chi connectivity index (χ3v) is 4.84. The molecule has 1 aromatic heterocycles. The van der Waals surface area contributed by atoms with Gasteiger partial charge in [-0.15, -0.1) is 0 Å². The normalized spacial score (nSPS) is 20.5. The summed E-state index contributed by atoms with van der Waals surface area (Å²) in [6.07, 6.45) is 2.45. The van der Waals surface area contributed by atoms with Crippen molar-refractivity contribution in [2.75, 3.05) is 19.8 Å². The Labute approximate surface area is 142 Å². The van der Waals surface area contributed by atoms with Crippen LogP contribution in [0.25, 0.3) is 0 Å². The van der Waals surface area contributed by atoms with Gasteiger partial charge in [-0.25, -0.2) is 9.67 Å². The average Bonchev–Trinajstić information content (AvgIpc) is 3.14. The van der Waals surface area contributed by atoms with Gasteiger partial charge < -0.3 is 9.47 Å². The number of ether oxygens (including phenoxy) is 2. The Hall–Kier alpha value is -2.08. The lowest BCUT2D eigenvalue weighted by atomic mass is 10.1. The zero-order chi connectivity index (χ0) is 16.5. The predicted molar refractivity (Wildman–Crippen MR) is 90.4 cm³/mol. The van der Waals surface area contributed by atoms with Crippen molar-refractivity contribution in [2.45, 2.75) is 45.8 Å². The molecule has 1 atom stereocenters. The van der Waals surface area contributed by atoms with Crippen LogP contribution in [0, 0.1) is 13.8 Å². The lowest BCUT2D eigenvalue weighted by molar-refractivity contribution is 0.170. The summed E-state index contributed by atoms with van der Waals surface area (Å²) in [6.45, 7) is 8.23. The number of nitrogens with zero attached hydrogens (tertiary/aromatic N) is 4. The molecule has 2 aromatic rings. The molecule has 0 N–H and O–H groups in total. The van der Waals surface area contributed by atoms with E-state index in [1.54, 1.807) is 0 Å². The van der Waals surface area contributed by atoms with Gasteiger partial charge in [-0.3, -0.25) is 4.90 Å². The number of aromatic nitrogens is 3. The largest absolute Gasteiger partial charge is 0.486 e. The number of benzene rings is 1. The van der Waals surface area contributed by atoms with Crippen molar-refractivity contribution in [3.63, 3.8) is 0 Å². The third-order valence-electron chi connectivity index (χ3n) is 4.84. The smallest absolute Gasteiger partial charge is 0.161 e. The standard InChI is InChI=1S/C18H24N4O2/c1-13-19-14(2)22(20-13)12-16-4-3-7-21(16)11-15-5-6-17-18(10-15)24-9-8-23-17/h5-6,10,16H,3-4,7-9,11-12H2,1-2H3/t16-/m0/s1. The number of hydrogen-bond donors (Lipinski definition) is 0. The first kappa shape index (κ1) is 15.4. The van der Waals surface area contributed by atoms with Gasteiger partial charge >= 0.3 is 0 Å². The van der Waals surface area contributed by atoms with Crippen LogP contribution in [0.4, 0.5) is 0 Å². The number of aryl methyl sites for hydroxylation is 2. The third kappa shape index (κ3) is 3.11. The Morgan fingerprint density at radius 2 is 2.00 bits per heavy atom. The number of hydrogen-bond acceptors (Lipinski definition) is 5. The fourth-order valence-electron chi connectivity index (χ4n) is 3.66. The lowest BCUT2D eigenvalue weighted by Gasteiger charge is -2.25. The fraction of sp³-hybridized carbons (Fsp3) is 0.556. The second-order valence-electron chi connectivity index (χ2n) is 6.63. The van der Waals surface area contributed by atoms with Crippen molar-refractivity contribution >= 4 is 0 Å². The Kier molecular flexibility index (Phi) is 4.14. The van der Waals surface area contributed by atoms with Crippen molar-refractivity contribution in [1.82, 2.24) is 19.7 Å². The molecule has 0 unspecified atom stereocenters. The van der Waals surface area contributed by atoms with E-state index in [1.807, 2.05) is 24.6 Å². The van der Waals surface area contributed by atoms with E-state index in [0.717, 1.165) is 42.8 Å². The van der Waals surface area contributed by atoms with Gasteiger partial charge in [0.05, 0.1) is 6.54 Å². The summed E-state index contributed by atoms with van der Waals surface area (Å²) >= 11 is 0.